The summed E-state index contributed by atoms with van der Waals surface area (Å²) in [5, 5.41) is 3.25. The minimum absolute atomic E-state index is 0.0463. The van der Waals surface area contributed by atoms with Crippen molar-refractivity contribution in [2.24, 2.45) is 11.7 Å². The van der Waals surface area contributed by atoms with Crippen LogP contribution >= 0.6 is 0 Å². The molecule has 2 fully saturated rings. The van der Waals surface area contributed by atoms with Gasteiger partial charge in [-0.15, -0.1) is 0 Å². The van der Waals surface area contributed by atoms with E-state index in [4.69, 9.17) is 5.73 Å². The van der Waals surface area contributed by atoms with Crippen molar-refractivity contribution in [3.8, 4) is 0 Å². The molecule has 4 rings (SSSR count). The van der Waals surface area contributed by atoms with Crippen LogP contribution in [-0.2, 0) is 11.3 Å². The van der Waals surface area contributed by atoms with E-state index in [0.29, 0.717) is 24.4 Å². The highest BCUT2D eigenvalue weighted by atomic mass is 16.2. The summed E-state index contributed by atoms with van der Waals surface area (Å²) in [5.74, 6) is 0.295. The maximum Gasteiger partial charge on any atom is 0.256 e. The molecule has 1 aromatic heterocycles. The van der Waals surface area contributed by atoms with Crippen molar-refractivity contribution in [1.82, 2.24) is 20.1 Å². The summed E-state index contributed by atoms with van der Waals surface area (Å²) < 4.78 is 0. The lowest BCUT2D eigenvalue weighted by Gasteiger charge is -2.30. The van der Waals surface area contributed by atoms with Crippen LogP contribution in [-0.4, -0.2) is 63.9 Å². The molecule has 0 radical (unpaired) electrons. The van der Waals surface area contributed by atoms with Gasteiger partial charge in [-0.05, 0) is 62.6 Å². The number of benzene rings is 1. The first-order valence-electron chi connectivity index (χ1n) is 13.4. The molecule has 0 spiro atoms. The van der Waals surface area contributed by atoms with Crippen molar-refractivity contribution in [3.05, 3.63) is 65.5 Å². The van der Waals surface area contributed by atoms with Crippen LogP contribution in [0.1, 0.15) is 67.4 Å². The number of rotatable bonds is 8. The molecule has 3 N–H and O–H groups in total. The van der Waals surface area contributed by atoms with Crippen LogP contribution in [0.2, 0.25) is 0 Å². The molecule has 2 aliphatic rings. The maximum atomic E-state index is 13.6. The third-order valence-corrected chi connectivity index (χ3v) is 7.49. The number of aryl methyl sites for hydroxylation is 1. The number of carbonyl (C=O) groups is 2. The van der Waals surface area contributed by atoms with Crippen molar-refractivity contribution in [2.45, 2.75) is 83.6 Å². The highest BCUT2D eigenvalue weighted by molar-refractivity contribution is 5.97. The van der Waals surface area contributed by atoms with Gasteiger partial charge in [0.2, 0.25) is 5.91 Å². The molecular weight excluding hydrogens is 450 g/mol. The lowest BCUT2D eigenvalue weighted by molar-refractivity contribution is -0.125. The number of likely N-dealkylation sites (tertiary alicyclic amines) is 1. The van der Waals surface area contributed by atoms with E-state index in [9.17, 15) is 9.59 Å². The number of carbonyl (C=O) groups excluding carboxylic acids is 2. The summed E-state index contributed by atoms with van der Waals surface area (Å²) in [6.45, 7) is 8.76. The quantitative estimate of drug-likeness (QED) is 0.590. The lowest BCUT2D eigenvalue weighted by atomic mass is 9.91. The molecule has 0 bridgehead atoms. The minimum Gasteiger partial charge on any atom is -0.352 e. The predicted octanol–water partition coefficient (Wildman–Crippen LogP) is 3.52. The molecule has 194 valence electrons. The minimum atomic E-state index is -0.494. The molecule has 36 heavy (non-hydrogen) atoms. The molecule has 1 saturated carbocycles. The van der Waals surface area contributed by atoms with Crippen LogP contribution in [0.5, 0.6) is 0 Å². The van der Waals surface area contributed by atoms with Crippen LogP contribution in [0.15, 0.2) is 48.8 Å². The van der Waals surface area contributed by atoms with Gasteiger partial charge in [0.25, 0.3) is 5.91 Å². The summed E-state index contributed by atoms with van der Waals surface area (Å²) in [6, 6.07) is 12.1. The summed E-state index contributed by atoms with van der Waals surface area (Å²) in [5.41, 5.74) is 9.07. The van der Waals surface area contributed by atoms with Gasteiger partial charge in [-0.3, -0.25) is 19.5 Å². The summed E-state index contributed by atoms with van der Waals surface area (Å²) >= 11 is 0. The normalized spacial score (nSPS) is 24.3. The standard InChI is InChI=1S/C29H41N5O2/c1-20(2)17-33(18-22-8-6-21(3)7-9-22)26-15-27(28(35)32-25-12-10-24(30)11-13-25)34(19-26)29(36)23-5-4-14-31-16-23/h4-9,14,16,20,24-27H,10-13,15,17-19,30H2,1-3H3,(H,32,35). The summed E-state index contributed by atoms with van der Waals surface area (Å²) in [6.07, 6.45) is 7.52. The number of nitrogens with zero attached hydrogens (tertiary/aromatic N) is 3. The summed E-state index contributed by atoms with van der Waals surface area (Å²) in [4.78, 5) is 35.5. The molecule has 1 aliphatic carbocycles. The van der Waals surface area contributed by atoms with Gasteiger partial charge in [0, 0.05) is 50.2 Å². The number of nitrogens with two attached hydrogens (primary N) is 1. The summed E-state index contributed by atoms with van der Waals surface area (Å²) in [7, 11) is 0. The van der Waals surface area contributed by atoms with Gasteiger partial charge >= 0.3 is 0 Å². The Morgan fingerprint density at radius 2 is 1.86 bits per heavy atom. The lowest BCUT2D eigenvalue weighted by Crippen LogP contribution is -2.50. The largest absolute Gasteiger partial charge is 0.352 e. The van der Waals surface area contributed by atoms with E-state index in [2.05, 4.69) is 60.2 Å². The predicted molar refractivity (Wildman–Crippen MR) is 142 cm³/mol. The molecular formula is C29H41N5O2. The third-order valence-electron chi connectivity index (χ3n) is 7.49. The molecule has 7 nitrogen and oxygen atoms in total. The SMILES string of the molecule is Cc1ccc(CN(CC(C)C)C2CC(C(=O)NC3CCC(N)CC3)N(C(=O)c3cccnc3)C2)cc1. The Labute approximate surface area is 215 Å². The van der Waals surface area contributed by atoms with Crippen molar-refractivity contribution in [3.63, 3.8) is 0 Å². The Morgan fingerprint density at radius 1 is 1.14 bits per heavy atom. The Morgan fingerprint density at radius 3 is 2.50 bits per heavy atom. The van der Waals surface area contributed by atoms with Crippen LogP contribution in [0.3, 0.4) is 0 Å². The van der Waals surface area contributed by atoms with Crippen molar-refractivity contribution in [2.75, 3.05) is 13.1 Å². The molecule has 1 saturated heterocycles. The number of hydrogen-bond donors (Lipinski definition) is 2. The Bertz CT molecular complexity index is 1000. The fourth-order valence-corrected chi connectivity index (χ4v) is 5.51. The topological polar surface area (TPSA) is 91.6 Å². The van der Waals surface area contributed by atoms with E-state index < -0.39 is 6.04 Å². The van der Waals surface area contributed by atoms with Gasteiger partial charge in [-0.25, -0.2) is 0 Å². The van der Waals surface area contributed by atoms with Crippen molar-refractivity contribution in [1.29, 1.82) is 0 Å². The Kier molecular flexibility index (Phi) is 8.75. The van der Waals surface area contributed by atoms with E-state index in [-0.39, 0.29) is 29.9 Å². The van der Waals surface area contributed by atoms with Crippen molar-refractivity contribution < 1.29 is 9.59 Å². The zero-order valence-electron chi connectivity index (χ0n) is 21.9. The van der Waals surface area contributed by atoms with Gasteiger partial charge in [0.05, 0.1) is 5.56 Å². The van der Waals surface area contributed by atoms with E-state index in [1.165, 1.54) is 11.1 Å². The van der Waals surface area contributed by atoms with Gasteiger partial charge < -0.3 is 16.0 Å². The fourth-order valence-electron chi connectivity index (χ4n) is 5.51. The zero-order valence-corrected chi connectivity index (χ0v) is 21.9. The number of nitrogens with one attached hydrogen (secondary N) is 1. The second-order valence-electron chi connectivity index (χ2n) is 11.0. The van der Waals surface area contributed by atoms with Gasteiger partial charge in [0.1, 0.15) is 6.04 Å². The zero-order chi connectivity index (χ0) is 25.7. The molecule has 1 aromatic carbocycles. The van der Waals surface area contributed by atoms with Crippen LogP contribution in [0.25, 0.3) is 0 Å². The van der Waals surface area contributed by atoms with Gasteiger partial charge in [-0.2, -0.15) is 0 Å². The molecule has 2 atom stereocenters. The van der Waals surface area contributed by atoms with E-state index in [1.807, 2.05) is 0 Å². The van der Waals surface area contributed by atoms with Gasteiger partial charge in [0.15, 0.2) is 0 Å². The Hall–Kier alpha value is -2.77. The number of pyridine rings is 1. The first-order valence-corrected chi connectivity index (χ1v) is 13.4. The smallest absolute Gasteiger partial charge is 0.256 e. The number of aromatic nitrogens is 1. The average Bonchev–Trinajstić information content (AvgIpc) is 3.32. The van der Waals surface area contributed by atoms with E-state index in [0.717, 1.165) is 38.8 Å². The van der Waals surface area contributed by atoms with Crippen LogP contribution in [0, 0.1) is 12.8 Å². The molecule has 2 heterocycles. The first kappa shape index (κ1) is 26.3. The number of amides is 2. The number of hydrogen-bond acceptors (Lipinski definition) is 5. The highest BCUT2D eigenvalue weighted by Crippen LogP contribution is 2.27. The second kappa shape index (κ2) is 12.0. The van der Waals surface area contributed by atoms with Gasteiger partial charge in [-0.1, -0.05) is 43.7 Å². The third kappa shape index (κ3) is 6.71. The van der Waals surface area contributed by atoms with E-state index in [1.54, 1.807) is 29.4 Å². The van der Waals surface area contributed by atoms with Crippen LogP contribution < -0.4 is 11.1 Å². The molecule has 1 aliphatic heterocycles. The fraction of sp³-hybridized carbons (Fsp3) is 0.552. The Balaban J connectivity index is 1.54. The maximum absolute atomic E-state index is 13.6. The van der Waals surface area contributed by atoms with Crippen molar-refractivity contribution >= 4 is 11.8 Å². The van der Waals surface area contributed by atoms with E-state index >= 15 is 0 Å². The molecule has 7 heteroatoms. The average molecular weight is 492 g/mol. The first-order chi connectivity index (χ1) is 17.3. The highest BCUT2D eigenvalue weighted by Gasteiger charge is 2.42. The monoisotopic (exact) mass is 491 g/mol. The molecule has 2 unspecified atom stereocenters. The van der Waals surface area contributed by atoms with Crippen LogP contribution in [0.4, 0.5) is 0 Å². The molecule has 2 aromatic rings. The second-order valence-corrected chi connectivity index (χ2v) is 11.0. The molecule has 2 amide bonds.